The summed E-state index contributed by atoms with van der Waals surface area (Å²) in [4.78, 5) is 11.7. The van der Waals surface area contributed by atoms with Crippen molar-refractivity contribution in [3.8, 4) is 5.75 Å². The first-order chi connectivity index (χ1) is 15.6. The Morgan fingerprint density at radius 3 is 2.33 bits per heavy atom. The van der Waals surface area contributed by atoms with E-state index in [-0.39, 0.29) is 12.1 Å². The zero-order chi connectivity index (χ0) is 23.8. The van der Waals surface area contributed by atoms with Crippen LogP contribution in [-0.2, 0) is 11.3 Å². The predicted molar refractivity (Wildman–Crippen MR) is 135 cm³/mol. The topological polar surface area (TPSA) is 58.6 Å². The molecule has 180 valence electrons. The Hall–Kier alpha value is -2.07. The van der Waals surface area contributed by atoms with E-state index >= 15 is 0 Å². The van der Waals surface area contributed by atoms with Gasteiger partial charge in [-0.05, 0) is 85.6 Å². The Kier molecular flexibility index (Phi) is 6.77. The van der Waals surface area contributed by atoms with Crippen molar-refractivity contribution in [2.75, 3.05) is 0 Å². The number of rotatable bonds is 7. The SMILES string of the molecule is CCC1(C(=O)O)CC(NCc2c(OC3CCC(C(C)(C)C)CC3)cc(C)c3ccccc23)C1. The highest BCUT2D eigenvalue weighted by Gasteiger charge is 2.48. The molecular weight excluding hydrogens is 410 g/mol. The standard InChI is InChI=1S/C29H41NO3/c1-6-29(27(31)32)16-21(17-29)30-18-25-24-10-8-7-9-23(24)19(2)15-26(25)33-22-13-11-20(12-14-22)28(3,4)5/h7-10,15,20-22,30H,6,11-14,16-18H2,1-5H3,(H,31,32). The molecule has 4 rings (SSSR count). The number of ether oxygens (including phenoxy) is 1. The second-order valence-electron chi connectivity index (χ2n) is 11.6. The molecule has 2 aliphatic rings. The number of carbonyl (C=O) groups is 1. The minimum absolute atomic E-state index is 0.246. The van der Waals surface area contributed by atoms with Crippen LogP contribution in [0.2, 0.25) is 0 Å². The molecule has 2 aromatic carbocycles. The van der Waals surface area contributed by atoms with E-state index in [1.807, 2.05) is 6.92 Å². The maximum absolute atomic E-state index is 11.7. The normalized spacial score (nSPS) is 27.8. The van der Waals surface area contributed by atoms with Crippen LogP contribution < -0.4 is 10.1 Å². The minimum atomic E-state index is -0.654. The molecule has 0 radical (unpaired) electrons. The summed E-state index contributed by atoms with van der Waals surface area (Å²) in [7, 11) is 0. The molecule has 2 N–H and O–H groups in total. The van der Waals surface area contributed by atoms with Gasteiger partial charge >= 0.3 is 5.97 Å². The first-order valence-electron chi connectivity index (χ1n) is 12.8. The quantitative estimate of drug-likeness (QED) is 0.482. The molecule has 0 unspecified atom stereocenters. The largest absolute Gasteiger partial charge is 0.490 e. The molecule has 4 heteroatoms. The summed E-state index contributed by atoms with van der Waals surface area (Å²) < 4.78 is 6.69. The van der Waals surface area contributed by atoms with E-state index in [4.69, 9.17) is 4.74 Å². The van der Waals surface area contributed by atoms with Crippen LogP contribution in [0.15, 0.2) is 30.3 Å². The van der Waals surface area contributed by atoms with Crippen molar-refractivity contribution in [3.63, 3.8) is 0 Å². The Morgan fingerprint density at radius 1 is 1.12 bits per heavy atom. The zero-order valence-corrected chi connectivity index (χ0v) is 21.0. The highest BCUT2D eigenvalue weighted by molar-refractivity contribution is 5.90. The van der Waals surface area contributed by atoms with Crippen molar-refractivity contribution in [1.82, 2.24) is 5.32 Å². The molecule has 4 nitrogen and oxygen atoms in total. The number of aryl methyl sites for hydroxylation is 1. The van der Waals surface area contributed by atoms with Gasteiger partial charge in [0.1, 0.15) is 5.75 Å². The average molecular weight is 452 g/mol. The third-order valence-electron chi connectivity index (χ3n) is 8.49. The number of benzene rings is 2. The van der Waals surface area contributed by atoms with Crippen molar-refractivity contribution < 1.29 is 14.6 Å². The average Bonchev–Trinajstić information content (AvgIpc) is 2.74. The number of fused-ring (bicyclic) bond motifs is 1. The molecule has 0 aliphatic heterocycles. The van der Waals surface area contributed by atoms with Gasteiger partial charge in [-0.25, -0.2) is 0 Å². The lowest BCUT2D eigenvalue weighted by atomic mass is 9.64. The van der Waals surface area contributed by atoms with Crippen LogP contribution in [0.5, 0.6) is 5.75 Å². The van der Waals surface area contributed by atoms with Crippen molar-refractivity contribution >= 4 is 16.7 Å². The Balaban J connectivity index is 1.51. The monoisotopic (exact) mass is 451 g/mol. The molecule has 0 aromatic heterocycles. The van der Waals surface area contributed by atoms with Gasteiger partial charge in [0.25, 0.3) is 0 Å². The lowest BCUT2D eigenvalue weighted by molar-refractivity contribution is -0.156. The van der Waals surface area contributed by atoms with Crippen LogP contribution in [0.4, 0.5) is 0 Å². The molecule has 0 bridgehead atoms. The lowest BCUT2D eigenvalue weighted by Gasteiger charge is -2.44. The third kappa shape index (κ3) is 4.91. The van der Waals surface area contributed by atoms with Gasteiger partial charge in [-0.15, -0.1) is 0 Å². The summed E-state index contributed by atoms with van der Waals surface area (Å²) in [5.74, 6) is 1.11. The van der Waals surface area contributed by atoms with E-state index in [0.717, 1.165) is 24.5 Å². The maximum Gasteiger partial charge on any atom is 0.309 e. The third-order valence-corrected chi connectivity index (χ3v) is 8.49. The second kappa shape index (κ2) is 9.29. The summed E-state index contributed by atoms with van der Waals surface area (Å²) in [6, 6.07) is 11.0. The smallest absolute Gasteiger partial charge is 0.309 e. The van der Waals surface area contributed by atoms with Crippen molar-refractivity contribution in [2.45, 2.75) is 98.3 Å². The van der Waals surface area contributed by atoms with E-state index in [0.29, 0.717) is 31.2 Å². The van der Waals surface area contributed by atoms with Crippen LogP contribution in [0.3, 0.4) is 0 Å². The van der Waals surface area contributed by atoms with Crippen molar-refractivity contribution in [3.05, 3.63) is 41.5 Å². The molecule has 0 spiro atoms. The Labute approximate surface area is 199 Å². The Morgan fingerprint density at radius 2 is 1.76 bits per heavy atom. The molecule has 0 heterocycles. The molecule has 0 saturated heterocycles. The summed E-state index contributed by atoms with van der Waals surface area (Å²) in [6.07, 6.45) is 7.05. The number of aliphatic carboxylic acids is 1. The molecule has 2 aromatic rings. The van der Waals surface area contributed by atoms with Gasteiger partial charge in [-0.3, -0.25) is 4.79 Å². The van der Waals surface area contributed by atoms with E-state index in [1.165, 1.54) is 34.7 Å². The number of hydrogen-bond donors (Lipinski definition) is 2. The fraction of sp³-hybridized carbons (Fsp3) is 0.621. The van der Waals surface area contributed by atoms with Crippen LogP contribution in [0.1, 0.15) is 83.8 Å². The highest BCUT2D eigenvalue weighted by Crippen LogP contribution is 2.45. The summed E-state index contributed by atoms with van der Waals surface area (Å²) in [5, 5.41) is 15.8. The zero-order valence-electron chi connectivity index (χ0n) is 21.0. The van der Waals surface area contributed by atoms with E-state index in [9.17, 15) is 9.90 Å². The van der Waals surface area contributed by atoms with Gasteiger partial charge in [0.05, 0.1) is 11.5 Å². The van der Waals surface area contributed by atoms with Gasteiger partial charge in [-0.2, -0.15) is 0 Å². The van der Waals surface area contributed by atoms with Gasteiger partial charge in [0.15, 0.2) is 0 Å². The summed E-state index contributed by atoms with van der Waals surface area (Å²) in [5.41, 5.74) is 2.27. The van der Waals surface area contributed by atoms with Crippen LogP contribution >= 0.6 is 0 Å². The first kappa shape index (κ1) is 24.1. The summed E-state index contributed by atoms with van der Waals surface area (Å²) >= 11 is 0. The van der Waals surface area contributed by atoms with Gasteiger partial charge in [-0.1, -0.05) is 52.0 Å². The Bertz CT molecular complexity index is 992. The van der Waals surface area contributed by atoms with Crippen LogP contribution in [-0.4, -0.2) is 23.2 Å². The fourth-order valence-electron chi connectivity index (χ4n) is 5.99. The predicted octanol–water partition coefficient (Wildman–Crippen LogP) is 6.86. The number of hydrogen-bond acceptors (Lipinski definition) is 3. The highest BCUT2D eigenvalue weighted by atomic mass is 16.5. The number of carboxylic acids is 1. The van der Waals surface area contributed by atoms with E-state index in [2.05, 4.69) is 63.3 Å². The number of nitrogens with one attached hydrogen (secondary N) is 1. The van der Waals surface area contributed by atoms with Crippen LogP contribution in [0.25, 0.3) is 10.8 Å². The van der Waals surface area contributed by atoms with Gasteiger partial charge in [0.2, 0.25) is 0 Å². The minimum Gasteiger partial charge on any atom is -0.490 e. The van der Waals surface area contributed by atoms with E-state index in [1.54, 1.807) is 0 Å². The van der Waals surface area contributed by atoms with Gasteiger partial charge < -0.3 is 15.2 Å². The van der Waals surface area contributed by atoms with E-state index < -0.39 is 11.4 Å². The summed E-state index contributed by atoms with van der Waals surface area (Å²) in [6.45, 7) is 11.9. The molecule has 0 atom stereocenters. The maximum atomic E-state index is 11.7. The molecule has 2 aliphatic carbocycles. The number of carboxylic acid groups (broad SMARTS) is 1. The first-order valence-corrected chi connectivity index (χ1v) is 12.8. The molecule has 0 amide bonds. The second-order valence-corrected chi connectivity index (χ2v) is 11.6. The molecule has 33 heavy (non-hydrogen) atoms. The molecule has 2 saturated carbocycles. The molecular formula is C29H41NO3. The van der Waals surface area contributed by atoms with Crippen LogP contribution in [0, 0.1) is 23.7 Å². The molecule has 2 fully saturated rings. The lowest BCUT2D eigenvalue weighted by Crippen LogP contribution is -2.52. The van der Waals surface area contributed by atoms with Crippen molar-refractivity contribution in [2.24, 2.45) is 16.7 Å². The fourth-order valence-corrected chi connectivity index (χ4v) is 5.99. The van der Waals surface area contributed by atoms with Crippen molar-refractivity contribution in [1.29, 1.82) is 0 Å². The van der Waals surface area contributed by atoms with Gasteiger partial charge in [0, 0.05) is 18.2 Å².